The van der Waals surface area contributed by atoms with Gasteiger partial charge in [0.2, 0.25) is 5.91 Å². The van der Waals surface area contributed by atoms with Crippen LogP contribution in [-0.2, 0) is 16.1 Å². The van der Waals surface area contributed by atoms with E-state index in [1.165, 1.54) is 0 Å². The predicted molar refractivity (Wildman–Crippen MR) is 95.7 cm³/mol. The van der Waals surface area contributed by atoms with Crippen LogP contribution in [0.1, 0.15) is 27.7 Å². The lowest BCUT2D eigenvalue weighted by Crippen LogP contribution is -2.28. The summed E-state index contributed by atoms with van der Waals surface area (Å²) in [6.07, 6.45) is 0.895. The van der Waals surface area contributed by atoms with Gasteiger partial charge in [0, 0.05) is 6.07 Å². The lowest BCUT2D eigenvalue weighted by Gasteiger charge is -2.06. The number of nitriles is 1. The Bertz CT molecular complexity index is 1020. The Morgan fingerprint density at radius 2 is 2.15 bits per heavy atom. The van der Waals surface area contributed by atoms with Crippen molar-refractivity contribution in [2.45, 2.75) is 20.4 Å². The van der Waals surface area contributed by atoms with Gasteiger partial charge in [-0.05, 0) is 25.5 Å². The summed E-state index contributed by atoms with van der Waals surface area (Å²) in [6, 6.07) is 4.00. The van der Waals surface area contributed by atoms with Crippen molar-refractivity contribution in [3.05, 3.63) is 54.8 Å². The zero-order valence-electron chi connectivity index (χ0n) is 14.3. The summed E-state index contributed by atoms with van der Waals surface area (Å²) >= 11 is 1.01. The molecule has 2 heterocycles. The molecule has 0 aliphatic rings. The molecule has 140 valence electrons. The van der Waals surface area contributed by atoms with E-state index < -0.39 is 40.2 Å². The van der Waals surface area contributed by atoms with Crippen LogP contribution in [0.5, 0.6) is 0 Å². The lowest BCUT2D eigenvalue weighted by atomic mass is 10.2. The molecule has 0 aliphatic heterocycles. The molecule has 1 amide bonds. The highest BCUT2D eigenvalue weighted by Gasteiger charge is 2.18. The van der Waals surface area contributed by atoms with E-state index in [1.54, 1.807) is 26.0 Å². The van der Waals surface area contributed by atoms with Crippen molar-refractivity contribution in [1.29, 1.82) is 5.26 Å². The number of aryl methyl sites for hydroxylation is 1. The summed E-state index contributed by atoms with van der Waals surface area (Å²) in [4.78, 5) is 46.6. The first kappa shape index (κ1) is 19.8. The number of esters is 1. The second-order valence-corrected chi connectivity index (χ2v) is 6.36. The highest BCUT2D eigenvalue weighted by molar-refractivity contribution is 7.18. The first-order valence-electron chi connectivity index (χ1n) is 7.63. The number of nitrogens with zero attached hydrogens (tertiary/aromatic N) is 3. The molecule has 10 nitrogen and oxygen atoms in total. The number of carbonyl (C=O) groups is 2. The van der Waals surface area contributed by atoms with Gasteiger partial charge >= 0.3 is 5.97 Å². The molecule has 0 spiro atoms. The van der Waals surface area contributed by atoms with E-state index in [4.69, 9.17) is 10.00 Å². The van der Waals surface area contributed by atoms with Crippen LogP contribution in [0, 0.1) is 28.4 Å². The quantitative estimate of drug-likeness (QED) is 0.450. The number of nitro groups is 1. The third-order valence-corrected chi connectivity index (χ3v) is 4.49. The van der Waals surface area contributed by atoms with Crippen LogP contribution in [0.15, 0.2) is 23.1 Å². The highest BCUT2D eigenvalue weighted by atomic mass is 32.1. The molecule has 0 fully saturated rings. The van der Waals surface area contributed by atoms with Crippen LogP contribution >= 0.6 is 11.3 Å². The molecule has 0 saturated heterocycles. The number of aromatic nitrogens is 1. The number of nitrogens with one attached hydrogen (secondary N) is 1. The number of pyridine rings is 1. The first-order valence-corrected chi connectivity index (χ1v) is 8.44. The second kappa shape index (κ2) is 8.24. The van der Waals surface area contributed by atoms with Gasteiger partial charge in [0.1, 0.15) is 23.1 Å². The summed E-state index contributed by atoms with van der Waals surface area (Å²) < 4.78 is 5.71. The molecule has 1 N–H and O–H groups in total. The SMILES string of the molecule is CCOC(=O)c1sc(NC(=O)Cn2cc([N+](=O)[O-])cc(C#N)c2=O)cc1C. The topological polar surface area (TPSA) is 144 Å². The maximum atomic E-state index is 12.2. The molecule has 0 radical (unpaired) electrons. The van der Waals surface area contributed by atoms with Gasteiger partial charge in [-0.15, -0.1) is 11.3 Å². The number of carbonyl (C=O) groups excluding carboxylic acids is 2. The normalized spacial score (nSPS) is 10.1. The smallest absolute Gasteiger partial charge is 0.348 e. The molecular weight excluding hydrogens is 376 g/mol. The molecule has 0 bridgehead atoms. The Kier molecular flexibility index (Phi) is 6.04. The summed E-state index contributed by atoms with van der Waals surface area (Å²) in [5, 5.41) is 22.7. The number of hydrogen-bond donors (Lipinski definition) is 1. The predicted octanol–water partition coefficient (Wildman–Crippen LogP) is 1.81. The largest absolute Gasteiger partial charge is 0.462 e. The minimum Gasteiger partial charge on any atom is -0.462 e. The van der Waals surface area contributed by atoms with E-state index in [1.807, 2.05) is 0 Å². The van der Waals surface area contributed by atoms with E-state index in [0.29, 0.717) is 15.4 Å². The molecule has 0 atom stereocenters. The average molecular weight is 390 g/mol. The third-order valence-electron chi connectivity index (χ3n) is 3.36. The fraction of sp³-hybridized carbons (Fsp3) is 0.250. The number of thiophene rings is 1. The van der Waals surface area contributed by atoms with Crippen molar-refractivity contribution < 1.29 is 19.2 Å². The zero-order chi connectivity index (χ0) is 20.1. The Morgan fingerprint density at radius 3 is 2.74 bits per heavy atom. The number of anilines is 1. The molecule has 2 rings (SSSR count). The molecular formula is C16H14N4O6S. The van der Waals surface area contributed by atoms with Gasteiger partial charge in [0.05, 0.1) is 22.7 Å². The van der Waals surface area contributed by atoms with Crippen LogP contribution in [0.25, 0.3) is 0 Å². The minimum absolute atomic E-state index is 0.217. The highest BCUT2D eigenvalue weighted by Crippen LogP contribution is 2.27. The van der Waals surface area contributed by atoms with Crippen LogP contribution in [0.4, 0.5) is 10.7 Å². The van der Waals surface area contributed by atoms with Crippen molar-refractivity contribution in [1.82, 2.24) is 4.57 Å². The fourth-order valence-corrected chi connectivity index (χ4v) is 3.17. The van der Waals surface area contributed by atoms with Crippen molar-refractivity contribution in [3.63, 3.8) is 0 Å². The van der Waals surface area contributed by atoms with Crippen LogP contribution < -0.4 is 10.9 Å². The van der Waals surface area contributed by atoms with Crippen molar-refractivity contribution >= 4 is 33.9 Å². The average Bonchev–Trinajstić information content (AvgIpc) is 2.96. The summed E-state index contributed by atoms with van der Waals surface area (Å²) in [5.41, 5.74) is -1.11. The van der Waals surface area contributed by atoms with E-state index in [9.17, 15) is 24.5 Å². The van der Waals surface area contributed by atoms with Gasteiger partial charge in [-0.2, -0.15) is 5.26 Å². The van der Waals surface area contributed by atoms with Crippen molar-refractivity contribution in [3.8, 4) is 6.07 Å². The Labute approximate surface area is 156 Å². The van der Waals surface area contributed by atoms with Gasteiger partial charge in [0.25, 0.3) is 11.2 Å². The first-order chi connectivity index (χ1) is 12.8. The fourth-order valence-electron chi connectivity index (χ4n) is 2.19. The number of amides is 1. The molecule has 0 saturated carbocycles. The summed E-state index contributed by atoms with van der Waals surface area (Å²) in [7, 11) is 0. The standard InChI is InChI=1S/C16H14N4O6S/c1-3-26-16(23)14-9(2)4-13(27-14)18-12(21)8-19-7-11(20(24)25)5-10(6-17)15(19)22/h4-5,7H,3,8H2,1-2H3,(H,18,21). The summed E-state index contributed by atoms with van der Waals surface area (Å²) in [6.45, 7) is 3.05. The van der Waals surface area contributed by atoms with Crippen molar-refractivity contribution in [2.24, 2.45) is 0 Å². The van der Waals surface area contributed by atoms with E-state index >= 15 is 0 Å². The van der Waals surface area contributed by atoms with Gasteiger partial charge < -0.3 is 10.1 Å². The van der Waals surface area contributed by atoms with Crippen molar-refractivity contribution in [2.75, 3.05) is 11.9 Å². The summed E-state index contributed by atoms with van der Waals surface area (Å²) in [5.74, 6) is -1.15. The van der Waals surface area contributed by atoms with Crippen LogP contribution in [-0.4, -0.2) is 28.0 Å². The number of hydrogen-bond acceptors (Lipinski definition) is 8. The lowest BCUT2D eigenvalue weighted by molar-refractivity contribution is -0.385. The van der Waals surface area contributed by atoms with Gasteiger partial charge in [0.15, 0.2) is 0 Å². The molecule has 27 heavy (non-hydrogen) atoms. The van der Waals surface area contributed by atoms with Crippen LogP contribution in [0.3, 0.4) is 0 Å². The molecule has 0 aliphatic carbocycles. The number of rotatable bonds is 6. The Hall–Kier alpha value is -3.52. The van der Waals surface area contributed by atoms with E-state index in [2.05, 4.69) is 5.32 Å². The van der Waals surface area contributed by atoms with E-state index in [-0.39, 0.29) is 6.61 Å². The second-order valence-electron chi connectivity index (χ2n) is 5.31. The number of ether oxygens (including phenoxy) is 1. The molecule has 2 aromatic heterocycles. The maximum absolute atomic E-state index is 12.2. The Balaban J connectivity index is 2.22. The third kappa shape index (κ3) is 4.56. The van der Waals surface area contributed by atoms with Gasteiger partial charge in [-0.3, -0.25) is 24.3 Å². The van der Waals surface area contributed by atoms with Gasteiger partial charge in [-0.25, -0.2) is 4.79 Å². The maximum Gasteiger partial charge on any atom is 0.348 e. The monoisotopic (exact) mass is 390 g/mol. The molecule has 2 aromatic rings. The molecule has 11 heteroatoms. The van der Waals surface area contributed by atoms with E-state index in [0.717, 1.165) is 28.2 Å². The molecule has 0 unspecified atom stereocenters. The Morgan fingerprint density at radius 1 is 1.44 bits per heavy atom. The van der Waals surface area contributed by atoms with Gasteiger partial charge in [-0.1, -0.05) is 0 Å². The van der Waals surface area contributed by atoms with Crippen LogP contribution in [0.2, 0.25) is 0 Å². The minimum atomic E-state index is -0.812. The molecule has 0 aromatic carbocycles. The zero-order valence-corrected chi connectivity index (χ0v) is 15.2.